The average molecular weight is 687 g/mol. The first-order valence-electron chi connectivity index (χ1n) is 17.6. The Morgan fingerprint density at radius 1 is 0.816 bits per heavy atom. The summed E-state index contributed by atoms with van der Waals surface area (Å²) in [6, 6.07) is 8.23. The number of hydrogen-bond acceptors (Lipinski definition) is 10. The Morgan fingerprint density at radius 3 is 1.94 bits per heavy atom. The van der Waals surface area contributed by atoms with Gasteiger partial charge in [-0.2, -0.15) is 5.26 Å². The van der Waals surface area contributed by atoms with E-state index in [9.17, 15) is 20.5 Å². The van der Waals surface area contributed by atoms with Crippen molar-refractivity contribution < 1.29 is 38.5 Å². The smallest absolute Gasteiger partial charge is 0.242 e. The van der Waals surface area contributed by atoms with Crippen molar-refractivity contribution in [3.05, 3.63) is 45.5 Å². The van der Waals surface area contributed by atoms with E-state index in [0.29, 0.717) is 71.7 Å². The second-order valence-corrected chi connectivity index (χ2v) is 12.4. The number of ether oxygens (including phenoxy) is 6. The van der Waals surface area contributed by atoms with Gasteiger partial charge in [0.2, 0.25) is 17.5 Å². The second-order valence-electron chi connectivity index (χ2n) is 12.4. The highest BCUT2D eigenvalue weighted by Crippen LogP contribution is 2.54. The van der Waals surface area contributed by atoms with E-state index in [4.69, 9.17) is 28.4 Å². The van der Waals surface area contributed by atoms with Crippen molar-refractivity contribution in [2.24, 2.45) is 5.92 Å². The van der Waals surface area contributed by atoms with Crippen LogP contribution >= 0.6 is 0 Å². The molecule has 49 heavy (non-hydrogen) atoms. The van der Waals surface area contributed by atoms with Crippen LogP contribution in [0.15, 0.2) is 24.3 Å². The first kappa shape index (κ1) is 41.3. The van der Waals surface area contributed by atoms with Gasteiger partial charge in [0.05, 0.1) is 53.1 Å². The van der Waals surface area contributed by atoms with Crippen LogP contribution in [-0.4, -0.2) is 63.8 Å². The van der Waals surface area contributed by atoms with Gasteiger partial charge in [-0.3, -0.25) is 10.1 Å². The Balaban J connectivity index is 2.68. The second kappa shape index (κ2) is 21.2. The number of rotatable bonds is 25. The number of benzene rings is 2. The average Bonchev–Trinajstić information content (AvgIpc) is 3.12. The van der Waals surface area contributed by atoms with Gasteiger partial charge < -0.3 is 33.5 Å². The monoisotopic (exact) mass is 686 g/mol. The molecule has 0 heterocycles. The van der Waals surface area contributed by atoms with Crippen LogP contribution in [0, 0.1) is 27.4 Å². The van der Waals surface area contributed by atoms with E-state index >= 15 is 0 Å². The van der Waals surface area contributed by atoms with Crippen LogP contribution in [0.4, 0.5) is 0 Å². The Bertz CT molecular complexity index is 1340. The van der Waals surface area contributed by atoms with Crippen molar-refractivity contribution in [2.45, 2.75) is 116 Å². The Kier molecular flexibility index (Phi) is 17.9. The van der Waals surface area contributed by atoms with Gasteiger partial charge >= 0.3 is 0 Å². The topological polar surface area (TPSA) is 143 Å². The number of nitrogens with zero attached hydrogens (tertiary/aromatic N) is 2. The van der Waals surface area contributed by atoms with E-state index in [1.165, 1.54) is 21.3 Å². The first-order chi connectivity index (χ1) is 23.7. The highest BCUT2D eigenvalue weighted by atomic mass is 16.6. The van der Waals surface area contributed by atoms with E-state index in [-0.39, 0.29) is 25.2 Å². The predicted octanol–water partition coefficient (Wildman–Crippen LogP) is 8.09. The summed E-state index contributed by atoms with van der Waals surface area (Å²) in [5, 5.41) is 35.0. The maximum Gasteiger partial charge on any atom is 0.242 e. The van der Waals surface area contributed by atoms with E-state index in [2.05, 4.69) is 19.9 Å². The molecule has 0 aliphatic carbocycles. The van der Waals surface area contributed by atoms with Gasteiger partial charge in [0.1, 0.15) is 6.10 Å². The molecule has 0 saturated carbocycles. The minimum absolute atomic E-state index is 0.000688. The van der Waals surface area contributed by atoms with E-state index in [1.807, 2.05) is 19.9 Å². The maximum atomic E-state index is 12.4. The molecule has 1 N–H and O–H groups in total. The van der Waals surface area contributed by atoms with Gasteiger partial charge in [-0.05, 0) is 55.4 Å². The van der Waals surface area contributed by atoms with Crippen LogP contribution in [-0.2, 0) is 11.8 Å². The maximum absolute atomic E-state index is 12.4. The van der Waals surface area contributed by atoms with Crippen molar-refractivity contribution in [1.82, 2.24) is 0 Å². The fourth-order valence-corrected chi connectivity index (χ4v) is 6.54. The molecule has 0 spiro atoms. The van der Waals surface area contributed by atoms with Crippen LogP contribution in [0.3, 0.4) is 0 Å². The molecule has 2 aromatic rings. The van der Waals surface area contributed by atoms with E-state index in [1.54, 1.807) is 25.3 Å². The largest absolute Gasteiger partial charge is 0.493 e. The zero-order valence-corrected chi connectivity index (χ0v) is 30.8. The fourth-order valence-electron chi connectivity index (χ4n) is 6.54. The molecule has 3 unspecified atom stereocenters. The third kappa shape index (κ3) is 10.5. The van der Waals surface area contributed by atoms with Gasteiger partial charge in [-0.15, -0.1) is 0 Å². The summed E-state index contributed by atoms with van der Waals surface area (Å²) in [6.07, 6.45) is 5.74. The molecule has 0 amide bonds. The summed E-state index contributed by atoms with van der Waals surface area (Å²) in [7, 11) is 6.09. The van der Waals surface area contributed by atoms with Gasteiger partial charge in [-0.1, -0.05) is 72.3 Å². The zero-order valence-electron chi connectivity index (χ0n) is 30.8. The number of nitro groups is 1. The summed E-state index contributed by atoms with van der Waals surface area (Å²) in [6.45, 7) is 9.14. The lowest BCUT2D eigenvalue weighted by Crippen LogP contribution is -2.40. The number of nitriles is 1. The quantitative estimate of drug-likeness (QED) is 0.0619. The van der Waals surface area contributed by atoms with Crippen molar-refractivity contribution in [3.63, 3.8) is 0 Å². The predicted molar refractivity (Wildman–Crippen MR) is 190 cm³/mol. The number of hydrogen-bond donors (Lipinski definition) is 1. The lowest BCUT2D eigenvalue weighted by Gasteiger charge is -2.37. The van der Waals surface area contributed by atoms with Crippen LogP contribution in [0.25, 0.3) is 0 Å². The molecular weight excluding hydrogens is 628 g/mol. The number of unbranched alkanes of at least 4 members (excludes halogenated alkanes) is 4. The molecule has 11 nitrogen and oxygen atoms in total. The molecule has 0 radical (unpaired) electrons. The lowest BCUT2D eigenvalue weighted by molar-refractivity contribution is -0.534. The molecule has 11 heteroatoms. The summed E-state index contributed by atoms with van der Waals surface area (Å²) in [5.41, 5.74) is 0.00129. The minimum atomic E-state index is -1.34. The molecule has 0 aliphatic heterocycles. The fraction of sp³-hybridized carbons (Fsp3) is 0.658. The number of aliphatic hydroxyl groups excluding tert-OH is 1. The third-order valence-corrected chi connectivity index (χ3v) is 9.37. The third-order valence-electron chi connectivity index (χ3n) is 9.37. The SMILES string of the molecule is CCCCCOc1cc(C(C#N)(CCC(O)C(Cc2ccc(OC)c(OC)c2)[N+](=O)[O-])C(CC)CC)c(OCCCCC)c(OC)c1OC. The Hall–Kier alpha value is -3.91. The molecule has 0 fully saturated rings. The normalized spacial score (nSPS) is 13.6. The highest BCUT2D eigenvalue weighted by molar-refractivity contribution is 5.66. The molecule has 0 bridgehead atoms. The first-order valence-corrected chi connectivity index (χ1v) is 17.6. The lowest BCUT2D eigenvalue weighted by atomic mass is 9.65. The molecule has 0 aromatic heterocycles. The van der Waals surface area contributed by atoms with E-state index < -0.39 is 22.5 Å². The Morgan fingerprint density at radius 2 is 1.43 bits per heavy atom. The van der Waals surface area contributed by atoms with Gasteiger partial charge in [0.15, 0.2) is 23.0 Å². The van der Waals surface area contributed by atoms with Crippen molar-refractivity contribution in [3.8, 4) is 40.6 Å². The number of methoxy groups -OCH3 is 4. The minimum Gasteiger partial charge on any atom is -0.493 e. The summed E-state index contributed by atoms with van der Waals surface area (Å²) in [5.74, 6) is 2.34. The van der Waals surface area contributed by atoms with Crippen LogP contribution in [0.2, 0.25) is 0 Å². The summed E-state index contributed by atoms with van der Waals surface area (Å²) >= 11 is 0. The highest BCUT2D eigenvalue weighted by Gasteiger charge is 2.45. The zero-order chi connectivity index (χ0) is 36.4. The van der Waals surface area contributed by atoms with Crippen molar-refractivity contribution in [1.29, 1.82) is 5.26 Å². The van der Waals surface area contributed by atoms with Crippen LogP contribution < -0.4 is 28.4 Å². The van der Waals surface area contributed by atoms with Gasteiger partial charge in [0.25, 0.3) is 0 Å². The van der Waals surface area contributed by atoms with E-state index in [0.717, 1.165) is 38.5 Å². The van der Waals surface area contributed by atoms with Crippen LogP contribution in [0.1, 0.15) is 103 Å². The number of aliphatic hydroxyl groups is 1. The standard InChI is InChI=1S/C38H58N2O9/c1-9-13-15-21-48-34-25-29(35(49-22-16-14-10-2)37(47-8)36(34)46-7)38(26-39,28(11-3)12-4)20-19-31(41)30(40(42)43)23-27-17-18-32(44-5)33(24-27)45-6/h17-18,24-25,28,30-31,41H,9-16,19-23H2,1-8H3. The van der Waals surface area contributed by atoms with Crippen molar-refractivity contribution >= 4 is 0 Å². The molecule has 2 rings (SSSR count). The molecule has 0 saturated heterocycles. The van der Waals surface area contributed by atoms with Crippen LogP contribution in [0.5, 0.6) is 34.5 Å². The molecule has 2 aromatic carbocycles. The summed E-state index contributed by atoms with van der Waals surface area (Å²) in [4.78, 5) is 11.9. The molecule has 274 valence electrons. The van der Waals surface area contributed by atoms with Gasteiger partial charge in [0, 0.05) is 16.9 Å². The Labute approximate surface area is 292 Å². The van der Waals surface area contributed by atoms with Crippen molar-refractivity contribution in [2.75, 3.05) is 41.7 Å². The molecule has 0 aliphatic rings. The molecular formula is C38H58N2O9. The van der Waals surface area contributed by atoms with Gasteiger partial charge in [-0.25, -0.2) is 0 Å². The summed E-state index contributed by atoms with van der Waals surface area (Å²) < 4.78 is 35.1. The molecule has 3 atom stereocenters.